The number of benzene rings is 1. The average molecular weight is 291 g/mol. The van der Waals surface area contributed by atoms with Crippen molar-refractivity contribution < 1.29 is 4.79 Å². The largest absolute Gasteiger partial charge is 0.273 e. The Labute approximate surface area is 124 Å². The second-order valence-corrected chi connectivity index (χ2v) is 6.50. The summed E-state index contributed by atoms with van der Waals surface area (Å²) < 4.78 is 0. The highest BCUT2D eigenvalue weighted by Gasteiger charge is 2.64. The summed E-state index contributed by atoms with van der Waals surface area (Å²) in [5.74, 6) is 0.767. The maximum absolute atomic E-state index is 12.2. The van der Waals surface area contributed by atoms with Gasteiger partial charge in [-0.15, -0.1) is 0 Å². The van der Waals surface area contributed by atoms with E-state index >= 15 is 0 Å². The van der Waals surface area contributed by atoms with Gasteiger partial charge in [-0.05, 0) is 30.2 Å². The lowest BCUT2D eigenvalue weighted by molar-refractivity contribution is -0.123. The molecule has 0 aliphatic heterocycles. The second kappa shape index (κ2) is 5.21. The van der Waals surface area contributed by atoms with Gasteiger partial charge in [-0.2, -0.15) is 5.10 Å². The van der Waals surface area contributed by atoms with Gasteiger partial charge in [0.15, 0.2) is 0 Å². The molecule has 0 bridgehead atoms. The number of hydrogen-bond donors (Lipinski definition) is 1. The normalized spacial score (nSPS) is 31.9. The molecule has 3 rings (SSSR count). The first-order valence-corrected chi connectivity index (χ1v) is 7.58. The van der Waals surface area contributed by atoms with E-state index in [9.17, 15) is 4.79 Å². The number of hydrogen-bond acceptors (Lipinski definition) is 2. The molecule has 0 saturated heterocycles. The summed E-state index contributed by atoms with van der Waals surface area (Å²) in [6, 6.07) is 7.44. The number of fused-ring (bicyclic) bond motifs is 1. The van der Waals surface area contributed by atoms with Crippen molar-refractivity contribution >= 4 is 23.7 Å². The summed E-state index contributed by atoms with van der Waals surface area (Å²) in [5, 5.41) is 4.68. The lowest BCUT2D eigenvalue weighted by Gasteiger charge is -2.15. The first-order valence-electron chi connectivity index (χ1n) is 7.20. The summed E-state index contributed by atoms with van der Waals surface area (Å²) in [6.07, 6.45) is 6.47. The third-order valence-electron chi connectivity index (χ3n) is 4.90. The van der Waals surface area contributed by atoms with E-state index in [2.05, 4.69) is 17.5 Å². The molecule has 1 aromatic carbocycles. The fourth-order valence-corrected chi connectivity index (χ4v) is 3.85. The van der Waals surface area contributed by atoms with Crippen LogP contribution in [0.3, 0.4) is 0 Å². The predicted octanol–water partition coefficient (Wildman–Crippen LogP) is 3.62. The molecule has 0 unspecified atom stereocenters. The van der Waals surface area contributed by atoms with Crippen molar-refractivity contribution in [2.45, 2.75) is 32.6 Å². The lowest BCUT2D eigenvalue weighted by atomic mass is 9.90. The van der Waals surface area contributed by atoms with Crippen molar-refractivity contribution in [3.63, 3.8) is 0 Å². The minimum absolute atomic E-state index is 0.0581. The molecule has 1 amide bonds. The third kappa shape index (κ3) is 2.35. The molecule has 0 spiro atoms. The quantitative estimate of drug-likeness (QED) is 0.670. The Morgan fingerprint density at radius 3 is 2.95 bits per heavy atom. The molecule has 3 nitrogen and oxygen atoms in total. The summed E-state index contributed by atoms with van der Waals surface area (Å²) >= 11 is 6.03. The molecular formula is C16H19ClN2O. The van der Waals surface area contributed by atoms with Gasteiger partial charge in [-0.25, -0.2) is 5.43 Å². The molecule has 4 heteroatoms. The summed E-state index contributed by atoms with van der Waals surface area (Å²) in [7, 11) is 0. The average Bonchev–Trinajstić information content (AvgIpc) is 3.06. The molecule has 2 fully saturated rings. The van der Waals surface area contributed by atoms with E-state index < -0.39 is 0 Å². The van der Waals surface area contributed by atoms with Gasteiger partial charge in [0, 0.05) is 16.5 Å². The van der Waals surface area contributed by atoms with Crippen LogP contribution < -0.4 is 5.43 Å². The molecular weight excluding hydrogens is 272 g/mol. The topological polar surface area (TPSA) is 41.5 Å². The van der Waals surface area contributed by atoms with Gasteiger partial charge in [0.2, 0.25) is 5.91 Å². The van der Waals surface area contributed by atoms with Crippen molar-refractivity contribution in [3.05, 3.63) is 34.9 Å². The zero-order valence-electron chi connectivity index (χ0n) is 11.6. The summed E-state index contributed by atoms with van der Waals surface area (Å²) in [6.45, 7) is 2.23. The Morgan fingerprint density at radius 2 is 2.25 bits per heavy atom. The molecule has 20 heavy (non-hydrogen) atoms. The molecule has 2 aliphatic rings. The highest BCUT2D eigenvalue weighted by Crippen LogP contribution is 2.66. The van der Waals surface area contributed by atoms with Gasteiger partial charge in [0.1, 0.15) is 0 Å². The number of rotatable bonds is 3. The molecule has 1 N–H and O–H groups in total. The van der Waals surface area contributed by atoms with Crippen molar-refractivity contribution in [2.75, 3.05) is 0 Å². The van der Waals surface area contributed by atoms with E-state index in [4.69, 9.17) is 11.6 Å². The van der Waals surface area contributed by atoms with Crippen LogP contribution in [0.1, 0.15) is 38.2 Å². The number of nitrogens with zero attached hydrogens (tertiary/aromatic N) is 1. The van der Waals surface area contributed by atoms with E-state index in [1.54, 1.807) is 12.3 Å². The molecule has 106 valence electrons. The van der Waals surface area contributed by atoms with Gasteiger partial charge in [-0.1, -0.05) is 49.6 Å². The first kappa shape index (κ1) is 13.6. The molecule has 2 aliphatic carbocycles. The van der Waals surface area contributed by atoms with Crippen LogP contribution in [0.15, 0.2) is 29.4 Å². The minimum Gasteiger partial charge on any atom is -0.273 e. The van der Waals surface area contributed by atoms with Crippen molar-refractivity contribution in [1.29, 1.82) is 0 Å². The van der Waals surface area contributed by atoms with Gasteiger partial charge >= 0.3 is 0 Å². The Balaban J connectivity index is 1.60. The van der Waals surface area contributed by atoms with Gasteiger partial charge in [0.25, 0.3) is 0 Å². The smallest absolute Gasteiger partial charge is 0.244 e. The third-order valence-corrected chi connectivity index (χ3v) is 5.24. The maximum Gasteiger partial charge on any atom is 0.244 e. The van der Waals surface area contributed by atoms with E-state index in [0.29, 0.717) is 10.9 Å². The zero-order valence-corrected chi connectivity index (χ0v) is 12.4. The van der Waals surface area contributed by atoms with Gasteiger partial charge in [-0.3, -0.25) is 4.79 Å². The van der Waals surface area contributed by atoms with E-state index in [1.807, 2.05) is 18.2 Å². The molecule has 0 radical (unpaired) electrons. The highest BCUT2D eigenvalue weighted by atomic mass is 35.5. The van der Waals surface area contributed by atoms with Crippen LogP contribution in [-0.4, -0.2) is 12.1 Å². The molecule has 2 saturated carbocycles. The van der Waals surface area contributed by atoms with E-state index in [1.165, 1.54) is 25.7 Å². The Bertz CT molecular complexity index is 557. The molecule has 0 aromatic heterocycles. The second-order valence-electron chi connectivity index (χ2n) is 6.09. The van der Waals surface area contributed by atoms with Crippen LogP contribution in [0.4, 0.5) is 0 Å². The number of nitrogens with one attached hydrogen (secondary N) is 1. The van der Waals surface area contributed by atoms with Crippen LogP contribution in [-0.2, 0) is 4.79 Å². The summed E-state index contributed by atoms with van der Waals surface area (Å²) in [4.78, 5) is 12.2. The Hall–Kier alpha value is -1.35. The first-order chi connectivity index (χ1) is 9.63. The standard InChI is InChI=1S/C16H19ClN2O/c1-16-9-5-4-7-12(16)14(16)15(20)19-18-10-11-6-2-3-8-13(11)17/h2-3,6,8,10,12,14H,4-5,7,9H2,1H3,(H,19,20)/b18-10-/t12-,14+,16+/m0/s1. The van der Waals surface area contributed by atoms with Crippen molar-refractivity contribution in [2.24, 2.45) is 22.4 Å². The number of halogens is 1. The van der Waals surface area contributed by atoms with E-state index in [0.717, 1.165) is 5.56 Å². The highest BCUT2D eigenvalue weighted by molar-refractivity contribution is 6.33. The zero-order chi connectivity index (χ0) is 14.2. The fraction of sp³-hybridized carbons (Fsp3) is 0.500. The Morgan fingerprint density at radius 1 is 1.45 bits per heavy atom. The van der Waals surface area contributed by atoms with Gasteiger partial charge in [0.05, 0.1) is 6.21 Å². The van der Waals surface area contributed by atoms with Crippen molar-refractivity contribution in [1.82, 2.24) is 5.43 Å². The molecule has 1 aromatic rings. The number of amides is 1. The van der Waals surface area contributed by atoms with Gasteiger partial charge < -0.3 is 0 Å². The predicted molar refractivity (Wildman–Crippen MR) is 80.7 cm³/mol. The number of hydrazone groups is 1. The van der Waals surface area contributed by atoms with Crippen LogP contribution in [0, 0.1) is 17.3 Å². The summed E-state index contributed by atoms with van der Waals surface area (Å²) in [5.41, 5.74) is 3.71. The van der Waals surface area contributed by atoms with Crippen molar-refractivity contribution in [3.8, 4) is 0 Å². The minimum atomic E-state index is 0.0581. The van der Waals surface area contributed by atoms with Crippen LogP contribution in [0.25, 0.3) is 0 Å². The number of carbonyl (C=O) groups is 1. The lowest BCUT2D eigenvalue weighted by Crippen LogP contribution is -2.22. The molecule has 0 heterocycles. The SMILES string of the molecule is C[C@@]12CCCC[C@H]1[C@@H]2C(=O)N/N=C\c1ccccc1Cl. The Kier molecular flexibility index (Phi) is 3.55. The molecule has 3 atom stereocenters. The monoisotopic (exact) mass is 290 g/mol. The fourth-order valence-electron chi connectivity index (χ4n) is 3.67. The van der Waals surface area contributed by atoms with Crippen LogP contribution in [0.2, 0.25) is 5.02 Å². The van der Waals surface area contributed by atoms with Crippen LogP contribution in [0.5, 0.6) is 0 Å². The van der Waals surface area contributed by atoms with Crippen LogP contribution >= 0.6 is 11.6 Å². The number of carbonyl (C=O) groups excluding carboxylic acids is 1. The maximum atomic E-state index is 12.2. The van der Waals surface area contributed by atoms with E-state index in [-0.39, 0.29) is 17.2 Å².